The van der Waals surface area contributed by atoms with Gasteiger partial charge in [0.1, 0.15) is 17.2 Å². The van der Waals surface area contributed by atoms with Crippen molar-refractivity contribution in [2.75, 3.05) is 24.9 Å². The summed E-state index contributed by atoms with van der Waals surface area (Å²) in [7, 11) is 4.73. The summed E-state index contributed by atoms with van der Waals surface area (Å²) in [4.78, 5) is 11.4. The maximum Gasteiger partial charge on any atom is 0.269 e. The van der Waals surface area contributed by atoms with Gasteiger partial charge in [0.2, 0.25) is 0 Å². The van der Waals surface area contributed by atoms with Crippen molar-refractivity contribution in [3.05, 3.63) is 30.1 Å². The summed E-state index contributed by atoms with van der Waals surface area (Å²) >= 11 is 5.24. The number of anilines is 2. The molecule has 0 aliphatic heterocycles. The van der Waals surface area contributed by atoms with Crippen molar-refractivity contribution in [2.24, 2.45) is 12.8 Å². The second kappa shape index (κ2) is 6.97. The Labute approximate surface area is 138 Å². The summed E-state index contributed by atoms with van der Waals surface area (Å²) in [5, 5.41) is 10.1. The Balaban J connectivity index is 2.16. The van der Waals surface area contributed by atoms with E-state index in [1.54, 1.807) is 39.5 Å². The van der Waals surface area contributed by atoms with Crippen LogP contribution in [0.2, 0.25) is 0 Å². The van der Waals surface area contributed by atoms with Gasteiger partial charge in [0.15, 0.2) is 5.11 Å². The van der Waals surface area contributed by atoms with Crippen molar-refractivity contribution >= 4 is 34.6 Å². The number of benzene rings is 1. The fourth-order valence-electron chi connectivity index (χ4n) is 2.00. The lowest BCUT2D eigenvalue weighted by atomic mass is 10.2. The minimum atomic E-state index is -0.600. The van der Waals surface area contributed by atoms with E-state index in [0.29, 0.717) is 22.9 Å². The molecule has 0 fully saturated rings. The molecule has 4 N–H and O–H groups in total. The molecule has 1 aromatic carbocycles. The number of nitrogens with one attached hydrogen (secondary N) is 2. The van der Waals surface area contributed by atoms with Crippen LogP contribution in [0.25, 0.3) is 0 Å². The van der Waals surface area contributed by atoms with Crippen LogP contribution in [0.4, 0.5) is 11.4 Å². The molecule has 0 radical (unpaired) electrons. The highest BCUT2D eigenvalue weighted by Gasteiger charge is 2.15. The van der Waals surface area contributed by atoms with Crippen molar-refractivity contribution in [3.63, 3.8) is 0 Å². The lowest BCUT2D eigenvalue weighted by Crippen LogP contribution is -2.23. The number of carbonyl (C=O) groups is 1. The van der Waals surface area contributed by atoms with Gasteiger partial charge in [-0.15, -0.1) is 0 Å². The van der Waals surface area contributed by atoms with E-state index in [1.807, 2.05) is 0 Å². The van der Waals surface area contributed by atoms with Crippen LogP contribution in [-0.2, 0) is 7.05 Å². The van der Waals surface area contributed by atoms with Crippen molar-refractivity contribution in [2.45, 2.75) is 0 Å². The zero-order chi connectivity index (χ0) is 17.0. The number of rotatable bonds is 5. The summed E-state index contributed by atoms with van der Waals surface area (Å²) in [6.45, 7) is 0. The maximum absolute atomic E-state index is 11.4. The largest absolute Gasteiger partial charge is 0.497 e. The van der Waals surface area contributed by atoms with Gasteiger partial charge in [0.25, 0.3) is 5.91 Å². The maximum atomic E-state index is 11.4. The number of nitrogens with zero attached hydrogens (tertiary/aromatic N) is 2. The van der Waals surface area contributed by atoms with Crippen LogP contribution < -0.4 is 25.8 Å². The van der Waals surface area contributed by atoms with Crippen LogP contribution in [0.1, 0.15) is 10.5 Å². The first-order chi connectivity index (χ1) is 11.0. The number of methoxy groups -OCH3 is 2. The molecule has 122 valence electrons. The van der Waals surface area contributed by atoms with Gasteiger partial charge in [-0.1, -0.05) is 0 Å². The molecule has 9 heteroatoms. The molecule has 0 aliphatic carbocycles. The molecular weight excluding hydrogens is 318 g/mol. The Bertz CT molecular complexity index is 744. The molecule has 0 atom stereocenters. The number of hydrogen-bond acceptors (Lipinski definition) is 5. The molecule has 1 heterocycles. The van der Waals surface area contributed by atoms with E-state index in [2.05, 4.69) is 15.7 Å². The molecule has 1 amide bonds. The van der Waals surface area contributed by atoms with Crippen LogP contribution in [-0.4, -0.2) is 35.0 Å². The third-order valence-electron chi connectivity index (χ3n) is 3.08. The van der Waals surface area contributed by atoms with Crippen LogP contribution in [0, 0.1) is 0 Å². The molecule has 2 aromatic rings. The smallest absolute Gasteiger partial charge is 0.269 e. The first kappa shape index (κ1) is 16.6. The zero-order valence-corrected chi connectivity index (χ0v) is 13.7. The Morgan fingerprint density at radius 2 is 1.96 bits per heavy atom. The number of hydrogen-bond donors (Lipinski definition) is 3. The van der Waals surface area contributed by atoms with Crippen molar-refractivity contribution < 1.29 is 14.3 Å². The van der Waals surface area contributed by atoms with Gasteiger partial charge in [-0.2, -0.15) is 5.10 Å². The number of aromatic nitrogens is 2. The Kier molecular flexibility index (Phi) is 5.02. The Hall–Kier alpha value is -2.81. The molecule has 0 bridgehead atoms. The molecule has 0 aliphatic rings. The predicted molar refractivity (Wildman–Crippen MR) is 91.1 cm³/mol. The van der Waals surface area contributed by atoms with E-state index in [9.17, 15) is 4.79 Å². The van der Waals surface area contributed by atoms with Gasteiger partial charge < -0.3 is 25.8 Å². The fraction of sp³-hybridized carbons (Fsp3) is 0.214. The number of thiocarbonyl (C=S) groups is 1. The molecule has 0 saturated heterocycles. The van der Waals surface area contributed by atoms with E-state index in [0.717, 1.165) is 0 Å². The highest BCUT2D eigenvalue weighted by Crippen LogP contribution is 2.29. The van der Waals surface area contributed by atoms with Gasteiger partial charge in [-0.05, 0) is 24.4 Å². The Morgan fingerprint density at radius 3 is 2.57 bits per heavy atom. The highest BCUT2D eigenvalue weighted by molar-refractivity contribution is 7.80. The first-order valence-corrected chi connectivity index (χ1v) is 6.99. The fourth-order valence-corrected chi connectivity index (χ4v) is 2.22. The van der Waals surface area contributed by atoms with Crippen molar-refractivity contribution in [1.29, 1.82) is 0 Å². The second-order valence-electron chi connectivity index (χ2n) is 4.54. The predicted octanol–water partition coefficient (Wildman–Crippen LogP) is 1.35. The van der Waals surface area contributed by atoms with Gasteiger partial charge in [-0.3, -0.25) is 9.48 Å². The summed E-state index contributed by atoms with van der Waals surface area (Å²) in [5.74, 6) is 0.627. The zero-order valence-electron chi connectivity index (χ0n) is 12.9. The lowest BCUT2D eigenvalue weighted by Gasteiger charge is -2.14. The average molecular weight is 335 g/mol. The summed E-state index contributed by atoms with van der Waals surface area (Å²) in [6.07, 6.45) is 1.47. The van der Waals surface area contributed by atoms with E-state index >= 15 is 0 Å². The third kappa shape index (κ3) is 3.69. The topological polar surface area (TPSA) is 103 Å². The number of primary amides is 1. The summed E-state index contributed by atoms with van der Waals surface area (Å²) in [6, 6.07) is 5.26. The molecule has 0 spiro atoms. The number of amides is 1. The normalized spacial score (nSPS) is 10.0. The molecule has 8 nitrogen and oxygen atoms in total. The number of carbonyl (C=O) groups excluding carboxylic acids is 1. The van der Waals surface area contributed by atoms with Gasteiger partial charge >= 0.3 is 0 Å². The number of nitrogens with two attached hydrogens (primary N) is 1. The highest BCUT2D eigenvalue weighted by atomic mass is 32.1. The SMILES string of the molecule is COc1ccc(NC(=S)Nc2cnn(C)c2C(N)=O)c(OC)c1. The number of aryl methyl sites for hydroxylation is 1. The van der Waals surface area contributed by atoms with Crippen LogP contribution in [0.3, 0.4) is 0 Å². The van der Waals surface area contributed by atoms with E-state index in [4.69, 9.17) is 27.4 Å². The average Bonchev–Trinajstić information content (AvgIpc) is 2.88. The van der Waals surface area contributed by atoms with Crippen LogP contribution in [0.5, 0.6) is 11.5 Å². The van der Waals surface area contributed by atoms with E-state index < -0.39 is 5.91 Å². The Morgan fingerprint density at radius 1 is 1.26 bits per heavy atom. The monoisotopic (exact) mass is 335 g/mol. The van der Waals surface area contributed by atoms with Crippen LogP contribution >= 0.6 is 12.2 Å². The lowest BCUT2D eigenvalue weighted by molar-refractivity contribution is 0.0992. The molecule has 0 saturated carbocycles. The number of ether oxygens (including phenoxy) is 2. The molecule has 2 rings (SSSR count). The minimum absolute atomic E-state index is 0.232. The molecule has 0 unspecified atom stereocenters. The third-order valence-corrected chi connectivity index (χ3v) is 3.28. The van der Waals surface area contributed by atoms with Gasteiger partial charge in [-0.25, -0.2) is 0 Å². The standard InChI is InChI=1S/C14H17N5O3S/c1-19-12(13(15)20)10(7-16-19)18-14(23)17-9-5-4-8(21-2)6-11(9)22-3/h4-7H,1-3H3,(H2,15,20)(H2,17,18,23). The van der Waals surface area contributed by atoms with Gasteiger partial charge in [0, 0.05) is 13.1 Å². The molecular formula is C14H17N5O3S. The van der Waals surface area contributed by atoms with Crippen LogP contribution in [0.15, 0.2) is 24.4 Å². The van der Waals surface area contributed by atoms with Crippen molar-refractivity contribution in [3.8, 4) is 11.5 Å². The second-order valence-corrected chi connectivity index (χ2v) is 4.95. The van der Waals surface area contributed by atoms with E-state index in [-0.39, 0.29) is 10.8 Å². The summed E-state index contributed by atoms with van der Waals surface area (Å²) < 4.78 is 11.8. The quantitative estimate of drug-likeness (QED) is 0.709. The first-order valence-electron chi connectivity index (χ1n) is 6.58. The molecule has 1 aromatic heterocycles. The van der Waals surface area contributed by atoms with E-state index in [1.165, 1.54) is 10.9 Å². The van der Waals surface area contributed by atoms with Crippen molar-refractivity contribution in [1.82, 2.24) is 9.78 Å². The molecule has 23 heavy (non-hydrogen) atoms. The summed E-state index contributed by atoms with van der Waals surface area (Å²) in [5.41, 5.74) is 6.63. The van der Waals surface area contributed by atoms with Gasteiger partial charge in [0.05, 0.1) is 31.8 Å². The minimum Gasteiger partial charge on any atom is -0.497 e.